The Labute approximate surface area is 92.9 Å². The van der Waals surface area contributed by atoms with Crippen LogP contribution in [0.5, 0.6) is 0 Å². The quantitative estimate of drug-likeness (QED) is 0.859. The van der Waals surface area contributed by atoms with Crippen LogP contribution in [0.3, 0.4) is 0 Å². The molecule has 0 bridgehead atoms. The topological polar surface area (TPSA) is 24.9 Å². The van der Waals surface area contributed by atoms with Crippen molar-refractivity contribution in [2.75, 3.05) is 5.32 Å². The Bertz CT molecular complexity index is 358. The summed E-state index contributed by atoms with van der Waals surface area (Å²) in [5, 5.41) is 2.97. The molecule has 1 heterocycles. The second-order valence-corrected chi connectivity index (χ2v) is 4.27. The summed E-state index contributed by atoms with van der Waals surface area (Å²) in [5.74, 6) is 0.252. The normalized spacial score (nSPS) is 12.6. The largest absolute Gasteiger partial charge is 0.433 e. The van der Waals surface area contributed by atoms with Gasteiger partial charge in [-0.3, -0.25) is 0 Å². The fourth-order valence-corrected chi connectivity index (χ4v) is 1.10. The monoisotopic (exact) mass is 232 g/mol. The maximum atomic E-state index is 12.4. The molecule has 1 aromatic rings. The van der Waals surface area contributed by atoms with Gasteiger partial charge < -0.3 is 5.32 Å². The lowest BCUT2D eigenvalue weighted by Crippen LogP contribution is -2.30. The fraction of sp³-hybridized carbons (Fsp3) is 0.545. The molecule has 0 atom stereocenters. The molecule has 0 fully saturated rings. The zero-order chi connectivity index (χ0) is 12.4. The average molecular weight is 232 g/mol. The van der Waals surface area contributed by atoms with Gasteiger partial charge in [0.1, 0.15) is 11.5 Å². The first-order valence-corrected chi connectivity index (χ1v) is 5.07. The van der Waals surface area contributed by atoms with Gasteiger partial charge in [0.05, 0.1) is 0 Å². The molecule has 0 aliphatic heterocycles. The van der Waals surface area contributed by atoms with Gasteiger partial charge in [-0.25, -0.2) is 4.98 Å². The molecule has 90 valence electrons. The lowest BCUT2D eigenvalue weighted by atomic mass is 10.0. The van der Waals surface area contributed by atoms with Gasteiger partial charge in [0.25, 0.3) is 0 Å². The molecule has 0 aromatic carbocycles. The zero-order valence-corrected chi connectivity index (χ0v) is 9.52. The molecule has 2 nitrogen and oxygen atoms in total. The third kappa shape index (κ3) is 3.40. The Morgan fingerprint density at radius 3 is 2.38 bits per heavy atom. The molecule has 16 heavy (non-hydrogen) atoms. The Balaban J connectivity index is 2.92. The number of hydrogen-bond acceptors (Lipinski definition) is 2. The van der Waals surface area contributed by atoms with Crippen LogP contribution in [-0.2, 0) is 6.18 Å². The summed E-state index contributed by atoms with van der Waals surface area (Å²) in [6.45, 7) is 5.78. The van der Waals surface area contributed by atoms with E-state index in [1.165, 1.54) is 12.1 Å². The summed E-state index contributed by atoms with van der Waals surface area (Å²) >= 11 is 0. The van der Waals surface area contributed by atoms with E-state index in [9.17, 15) is 13.2 Å². The van der Waals surface area contributed by atoms with E-state index in [-0.39, 0.29) is 11.4 Å². The number of halogens is 3. The molecule has 0 amide bonds. The molecule has 0 radical (unpaired) electrons. The van der Waals surface area contributed by atoms with Crippen molar-refractivity contribution >= 4 is 5.82 Å². The SMILES string of the molecule is CCC(C)(C)Nc1cccc(C(F)(F)F)n1. The minimum absolute atomic E-state index is 0.252. The van der Waals surface area contributed by atoms with Crippen LogP contribution in [0.25, 0.3) is 0 Å². The van der Waals surface area contributed by atoms with Gasteiger partial charge >= 0.3 is 6.18 Å². The Hall–Kier alpha value is -1.26. The zero-order valence-electron chi connectivity index (χ0n) is 9.52. The highest BCUT2D eigenvalue weighted by Crippen LogP contribution is 2.28. The molecule has 0 aliphatic rings. The molecule has 1 aromatic heterocycles. The smallest absolute Gasteiger partial charge is 0.365 e. The number of nitrogens with one attached hydrogen (secondary N) is 1. The van der Waals surface area contributed by atoms with E-state index >= 15 is 0 Å². The number of anilines is 1. The van der Waals surface area contributed by atoms with Crippen LogP contribution >= 0.6 is 0 Å². The van der Waals surface area contributed by atoms with Gasteiger partial charge in [-0.2, -0.15) is 13.2 Å². The van der Waals surface area contributed by atoms with Crippen LogP contribution < -0.4 is 5.32 Å². The highest BCUT2D eigenvalue weighted by atomic mass is 19.4. The van der Waals surface area contributed by atoms with Crippen LogP contribution in [0.4, 0.5) is 19.0 Å². The van der Waals surface area contributed by atoms with E-state index in [1.54, 1.807) is 0 Å². The molecule has 1 N–H and O–H groups in total. The Morgan fingerprint density at radius 1 is 1.25 bits per heavy atom. The van der Waals surface area contributed by atoms with Gasteiger partial charge in [-0.1, -0.05) is 13.0 Å². The van der Waals surface area contributed by atoms with Crippen molar-refractivity contribution in [1.29, 1.82) is 0 Å². The van der Waals surface area contributed by atoms with Gasteiger partial charge in [0, 0.05) is 5.54 Å². The number of hydrogen-bond donors (Lipinski definition) is 1. The van der Waals surface area contributed by atoms with Gasteiger partial charge in [-0.15, -0.1) is 0 Å². The van der Waals surface area contributed by atoms with E-state index in [0.29, 0.717) is 0 Å². The summed E-state index contributed by atoms with van der Waals surface area (Å²) in [5.41, 5.74) is -1.14. The molecule has 1 rings (SSSR count). The van der Waals surface area contributed by atoms with Crippen molar-refractivity contribution < 1.29 is 13.2 Å². The molecule has 0 saturated carbocycles. The highest BCUT2D eigenvalue weighted by molar-refractivity contribution is 5.38. The predicted molar refractivity (Wildman–Crippen MR) is 57.2 cm³/mol. The first-order valence-electron chi connectivity index (χ1n) is 5.07. The third-order valence-corrected chi connectivity index (χ3v) is 2.39. The number of rotatable bonds is 3. The standard InChI is InChI=1S/C11H15F3N2/c1-4-10(2,3)16-9-7-5-6-8(15-9)11(12,13)14/h5-7H,4H2,1-3H3,(H,15,16). The van der Waals surface area contributed by atoms with Crippen molar-refractivity contribution in [3.63, 3.8) is 0 Å². The number of alkyl halides is 3. The molecule has 0 spiro atoms. The third-order valence-electron chi connectivity index (χ3n) is 2.39. The van der Waals surface area contributed by atoms with Gasteiger partial charge in [0.15, 0.2) is 0 Å². The fourth-order valence-electron chi connectivity index (χ4n) is 1.10. The first kappa shape index (κ1) is 12.8. The molecular weight excluding hydrogens is 217 g/mol. The summed E-state index contributed by atoms with van der Waals surface area (Å²) in [4.78, 5) is 3.54. The van der Waals surface area contributed by atoms with Crippen molar-refractivity contribution in [1.82, 2.24) is 4.98 Å². The average Bonchev–Trinajstić information content (AvgIpc) is 2.16. The van der Waals surface area contributed by atoms with Crippen LogP contribution in [0.15, 0.2) is 18.2 Å². The van der Waals surface area contributed by atoms with E-state index in [1.807, 2.05) is 20.8 Å². The number of nitrogens with zero attached hydrogens (tertiary/aromatic N) is 1. The van der Waals surface area contributed by atoms with E-state index < -0.39 is 11.9 Å². The van der Waals surface area contributed by atoms with Crippen LogP contribution in [0.1, 0.15) is 32.9 Å². The minimum Gasteiger partial charge on any atom is -0.365 e. The van der Waals surface area contributed by atoms with Gasteiger partial charge in [-0.05, 0) is 32.4 Å². The van der Waals surface area contributed by atoms with E-state index in [4.69, 9.17) is 0 Å². The van der Waals surface area contributed by atoms with Crippen LogP contribution in [-0.4, -0.2) is 10.5 Å². The van der Waals surface area contributed by atoms with Crippen LogP contribution in [0, 0.1) is 0 Å². The number of pyridine rings is 1. The summed E-state index contributed by atoms with van der Waals surface area (Å²) in [6, 6.07) is 3.85. The molecular formula is C11H15F3N2. The van der Waals surface area contributed by atoms with Crippen molar-refractivity contribution in [2.45, 2.75) is 38.9 Å². The van der Waals surface area contributed by atoms with Crippen LogP contribution in [0.2, 0.25) is 0 Å². The summed E-state index contributed by atoms with van der Waals surface area (Å²) < 4.78 is 37.2. The van der Waals surface area contributed by atoms with Gasteiger partial charge in [0.2, 0.25) is 0 Å². The number of aromatic nitrogens is 1. The Kier molecular flexibility index (Phi) is 3.45. The van der Waals surface area contributed by atoms with Crippen molar-refractivity contribution in [3.05, 3.63) is 23.9 Å². The maximum absolute atomic E-state index is 12.4. The first-order chi connectivity index (χ1) is 7.24. The van der Waals surface area contributed by atoms with E-state index in [2.05, 4.69) is 10.3 Å². The molecule has 0 aliphatic carbocycles. The van der Waals surface area contributed by atoms with Crippen molar-refractivity contribution in [2.24, 2.45) is 0 Å². The lowest BCUT2D eigenvalue weighted by molar-refractivity contribution is -0.141. The van der Waals surface area contributed by atoms with E-state index in [0.717, 1.165) is 12.5 Å². The highest BCUT2D eigenvalue weighted by Gasteiger charge is 2.32. The Morgan fingerprint density at radius 2 is 1.88 bits per heavy atom. The summed E-state index contributed by atoms with van der Waals surface area (Å²) in [7, 11) is 0. The summed E-state index contributed by atoms with van der Waals surface area (Å²) in [6.07, 6.45) is -3.60. The second-order valence-electron chi connectivity index (χ2n) is 4.27. The second kappa shape index (κ2) is 4.31. The predicted octanol–water partition coefficient (Wildman–Crippen LogP) is 3.70. The molecule has 0 unspecified atom stereocenters. The molecule has 0 saturated heterocycles. The minimum atomic E-state index is -4.39. The molecule has 5 heteroatoms. The maximum Gasteiger partial charge on any atom is 0.433 e. The lowest BCUT2D eigenvalue weighted by Gasteiger charge is -2.25. The van der Waals surface area contributed by atoms with Crippen molar-refractivity contribution in [3.8, 4) is 0 Å².